The van der Waals surface area contributed by atoms with Gasteiger partial charge in [-0.1, -0.05) is 9.24 Å². The minimum Gasteiger partial charge on any atom is -0.425 e. The molecule has 2 atom stereocenters. The highest BCUT2D eigenvalue weighted by atomic mass is 31.0. The van der Waals surface area contributed by atoms with Crippen LogP contribution in [0.2, 0.25) is 0 Å². The molecule has 0 heterocycles. The molecule has 0 aliphatic heterocycles. The van der Waals surface area contributed by atoms with Gasteiger partial charge in [0.25, 0.3) is 0 Å². The van der Waals surface area contributed by atoms with Gasteiger partial charge in [-0.15, -0.1) is 9.24 Å². The maximum atomic E-state index is 13.6. The number of esters is 1. The van der Waals surface area contributed by atoms with Crippen LogP contribution >= 0.6 is 18.5 Å². The smallest absolute Gasteiger partial charge is 0.316 e. The zero-order valence-corrected chi connectivity index (χ0v) is 13.0. The molecular formula is C11H15BF2O2P2. The molecule has 0 saturated carbocycles. The van der Waals surface area contributed by atoms with E-state index in [0.717, 1.165) is 0 Å². The monoisotopic (exact) mass is 290 g/mol. The Kier molecular flexibility index (Phi) is 4.51. The minimum absolute atomic E-state index is 0.0429. The molecule has 0 spiro atoms. The summed E-state index contributed by atoms with van der Waals surface area (Å²) in [4.78, 5) is 11.8. The third-order valence-corrected chi connectivity index (χ3v) is 3.67. The normalized spacial score (nSPS) is 11.5. The third kappa shape index (κ3) is 2.89. The molecule has 0 fully saturated rings. The molecule has 18 heavy (non-hydrogen) atoms. The van der Waals surface area contributed by atoms with Crippen molar-refractivity contribution in [3.05, 3.63) is 11.6 Å². The molecule has 0 aromatic heterocycles. The first-order chi connectivity index (χ1) is 8.07. The van der Waals surface area contributed by atoms with Crippen LogP contribution in [0.25, 0.3) is 0 Å². The summed E-state index contributed by atoms with van der Waals surface area (Å²) < 4.78 is 32.2. The molecule has 0 saturated heterocycles. The van der Waals surface area contributed by atoms with Crippen molar-refractivity contribution in [3.63, 3.8) is 0 Å². The van der Waals surface area contributed by atoms with Gasteiger partial charge in [-0.05, 0) is 26.2 Å². The van der Waals surface area contributed by atoms with E-state index >= 15 is 0 Å². The van der Waals surface area contributed by atoms with Crippen LogP contribution in [-0.4, -0.2) is 13.8 Å². The molecule has 98 valence electrons. The highest BCUT2D eigenvalue weighted by Crippen LogP contribution is 2.20. The summed E-state index contributed by atoms with van der Waals surface area (Å²) in [5.74, 6) is -2.40. The van der Waals surface area contributed by atoms with Gasteiger partial charge in [-0.2, -0.15) is 0 Å². The predicted molar refractivity (Wildman–Crippen MR) is 78.3 cm³/mol. The number of carbonyl (C=O) groups excluding carboxylic acids is 1. The number of carbonyl (C=O) groups is 1. The second-order valence-corrected chi connectivity index (χ2v) is 6.20. The van der Waals surface area contributed by atoms with Gasteiger partial charge < -0.3 is 4.74 Å². The lowest BCUT2D eigenvalue weighted by atomic mass is 9.94. The maximum absolute atomic E-state index is 13.6. The Morgan fingerprint density at radius 3 is 2.11 bits per heavy atom. The van der Waals surface area contributed by atoms with Crippen molar-refractivity contribution in [1.82, 2.24) is 0 Å². The number of hydrogen-bond donors (Lipinski definition) is 0. The van der Waals surface area contributed by atoms with E-state index in [0.29, 0.717) is 5.30 Å². The minimum atomic E-state index is -1.01. The lowest BCUT2D eigenvalue weighted by Crippen LogP contribution is -2.35. The van der Waals surface area contributed by atoms with Crippen LogP contribution in [0.1, 0.15) is 20.8 Å². The number of benzene rings is 1. The third-order valence-electron chi connectivity index (χ3n) is 2.46. The van der Waals surface area contributed by atoms with Crippen LogP contribution in [-0.2, 0) is 4.79 Å². The highest BCUT2D eigenvalue weighted by molar-refractivity contribution is 7.31. The van der Waals surface area contributed by atoms with Crippen molar-refractivity contribution in [2.24, 2.45) is 5.41 Å². The summed E-state index contributed by atoms with van der Waals surface area (Å²) in [5, 5.41) is 0.261. The zero-order valence-electron chi connectivity index (χ0n) is 10.7. The Bertz CT molecular complexity index is 484. The van der Waals surface area contributed by atoms with Gasteiger partial charge in [0.15, 0.2) is 11.6 Å². The molecule has 0 bridgehead atoms. The van der Waals surface area contributed by atoms with Gasteiger partial charge in [-0.3, -0.25) is 4.79 Å². The van der Waals surface area contributed by atoms with Crippen molar-refractivity contribution < 1.29 is 18.3 Å². The molecule has 2 unspecified atom stereocenters. The number of halogens is 2. The second kappa shape index (κ2) is 5.23. The average Bonchev–Trinajstić information content (AvgIpc) is 2.28. The molecule has 0 aliphatic carbocycles. The quantitative estimate of drug-likeness (QED) is 0.319. The molecule has 0 aliphatic rings. The maximum Gasteiger partial charge on any atom is 0.316 e. The number of rotatable bonds is 1. The fraction of sp³-hybridized carbons (Fsp3) is 0.364. The molecule has 1 aromatic carbocycles. The fourth-order valence-electron chi connectivity index (χ4n) is 1.17. The second-order valence-electron chi connectivity index (χ2n) is 5.05. The molecule has 7 heteroatoms. The zero-order chi connectivity index (χ0) is 14.2. The first kappa shape index (κ1) is 15.5. The van der Waals surface area contributed by atoms with E-state index < -0.39 is 23.0 Å². The largest absolute Gasteiger partial charge is 0.425 e. The van der Waals surface area contributed by atoms with Gasteiger partial charge in [0, 0.05) is 5.30 Å². The lowest BCUT2D eigenvalue weighted by molar-refractivity contribution is -0.142. The molecule has 0 N–H and O–H groups in total. The predicted octanol–water partition coefficient (Wildman–Crippen LogP) is 0.175. The van der Waals surface area contributed by atoms with E-state index in [2.05, 4.69) is 18.5 Å². The fourth-order valence-corrected chi connectivity index (χ4v) is 2.02. The molecule has 1 aromatic rings. The van der Waals surface area contributed by atoms with E-state index in [4.69, 9.17) is 4.74 Å². The van der Waals surface area contributed by atoms with E-state index in [1.807, 2.05) is 0 Å². The summed E-state index contributed by atoms with van der Waals surface area (Å²) in [6.07, 6.45) is 0. The van der Waals surface area contributed by atoms with E-state index in [-0.39, 0.29) is 16.5 Å². The van der Waals surface area contributed by atoms with E-state index in [1.54, 1.807) is 20.8 Å². The van der Waals surface area contributed by atoms with Crippen LogP contribution in [0.15, 0.2) is 0 Å². The van der Waals surface area contributed by atoms with Crippen LogP contribution in [0.4, 0.5) is 8.78 Å². The van der Waals surface area contributed by atoms with Gasteiger partial charge in [0.2, 0.25) is 0 Å². The van der Waals surface area contributed by atoms with Gasteiger partial charge in [0.1, 0.15) is 13.6 Å². The van der Waals surface area contributed by atoms with Crippen LogP contribution in [0, 0.1) is 17.0 Å². The Morgan fingerprint density at radius 1 is 1.17 bits per heavy atom. The Hall–Kier alpha value is -0.525. The molecule has 2 nitrogen and oxygen atoms in total. The highest BCUT2D eigenvalue weighted by Gasteiger charge is 2.27. The summed E-state index contributed by atoms with van der Waals surface area (Å²) >= 11 is 0. The van der Waals surface area contributed by atoms with Crippen molar-refractivity contribution in [2.75, 3.05) is 0 Å². The SMILES string of the molecule is Bc1c(F)c(F)c(P)c(OC(=O)C(C)(C)C)c1P. The summed E-state index contributed by atoms with van der Waals surface area (Å²) in [6.45, 7) is 5.06. The average molecular weight is 290 g/mol. The summed E-state index contributed by atoms with van der Waals surface area (Å²) in [7, 11) is 5.76. The van der Waals surface area contributed by atoms with Crippen LogP contribution in [0.3, 0.4) is 0 Å². The van der Waals surface area contributed by atoms with Gasteiger partial charge >= 0.3 is 5.97 Å². The van der Waals surface area contributed by atoms with Crippen molar-refractivity contribution >= 4 is 48.4 Å². The topological polar surface area (TPSA) is 26.3 Å². The number of hydrogen-bond acceptors (Lipinski definition) is 2. The van der Waals surface area contributed by atoms with E-state index in [9.17, 15) is 13.6 Å². The molecule has 0 amide bonds. The van der Waals surface area contributed by atoms with E-state index in [1.165, 1.54) is 7.85 Å². The van der Waals surface area contributed by atoms with Crippen molar-refractivity contribution in [2.45, 2.75) is 20.8 Å². The summed E-state index contributed by atoms with van der Waals surface area (Å²) in [6, 6.07) is 0. The van der Waals surface area contributed by atoms with Gasteiger partial charge in [-0.25, -0.2) is 8.78 Å². The molecule has 0 radical (unpaired) electrons. The summed E-state index contributed by atoms with van der Waals surface area (Å²) in [5.41, 5.74) is -0.604. The standard InChI is InChI=1S/C11H15BF2O2P2/c1-11(2,3)10(15)16-7-8(17)4(12)5(13)6(14)9(7)18/h12,17-18H2,1-3H3. The molecular weight excluding hydrogens is 275 g/mol. The first-order valence-corrected chi connectivity index (χ1v) is 6.47. The van der Waals surface area contributed by atoms with Gasteiger partial charge in [0.05, 0.1) is 10.7 Å². The van der Waals surface area contributed by atoms with Crippen LogP contribution < -0.4 is 20.8 Å². The van der Waals surface area contributed by atoms with Crippen LogP contribution in [0.5, 0.6) is 5.75 Å². The Morgan fingerprint density at radius 2 is 1.67 bits per heavy atom. The van der Waals surface area contributed by atoms with Crippen molar-refractivity contribution in [1.29, 1.82) is 0 Å². The first-order valence-electron chi connectivity index (χ1n) is 5.32. The molecule has 1 rings (SSSR count). The van der Waals surface area contributed by atoms with Crippen molar-refractivity contribution in [3.8, 4) is 5.75 Å². The number of ether oxygens (including phenoxy) is 1. The lowest BCUT2D eigenvalue weighted by Gasteiger charge is -2.20. The Balaban J connectivity index is 3.31. The Labute approximate surface area is 111 Å².